The van der Waals surface area contributed by atoms with E-state index >= 15 is 0 Å². The number of alkyl halides is 3. The van der Waals surface area contributed by atoms with Crippen molar-refractivity contribution in [3.8, 4) is 0 Å². The summed E-state index contributed by atoms with van der Waals surface area (Å²) >= 11 is 1.73. The monoisotopic (exact) mass is 490 g/mol. The Bertz CT molecular complexity index is 1190. The molecule has 182 valence electrons. The first-order valence-corrected chi connectivity index (χ1v) is 12.2. The normalized spacial score (nSPS) is 15.4. The van der Waals surface area contributed by atoms with Gasteiger partial charge in [0.15, 0.2) is 5.65 Å². The zero-order valence-corrected chi connectivity index (χ0v) is 20.5. The number of hydrogen-bond acceptors (Lipinski definition) is 7. The van der Waals surface area contributed by atoms with Crippen LogP contribution in [0.1, 0.15) is 56.6 Å². The average Bonchev–Trinajstić information content (AvgIpc) is 3.27. The molecule has 0 saturated carbocycles. The number of nitrogens with two attached hydrogens (primary N) is 1. The Hall–Kier alpha value is -2.75. The highest BCUT2D eigenvalue weighted by Crippen LogP contribution is 2.38. The van der Waals surface area contributed by atoms with Crippen LogP contribution in [0.15, 0.2) is 29.2 Å². The van der Waals surface area contributed by atoms with E-state index in [9.17, 15) is 13.2 Å². The maximum atomic E-state index is 13.3. The second kappa shape index (κ2) is 9.48. The topological polar surface area (TPSA) is 80.0 Å². The van der Waals surface area contributed by atoms with E-state index in [1.54, 1.807) is 31.7 Å². The SMILES string of the molecule is Cc1nc(N[C@H](C)c2cc(N)cc(C(F)(F)F)c2)c2cc(SC(C)C)c(N3CCCC3)nc2n1. The second-order valence-electron chi connectivity index (χ2n) is 8.91. The van der Waals surface area contributed by atoms with E-state index in [0.29, 0.717) is 28.1 Å². The minimum atomic E-state index is -4.47. The largest absolute Gasteiger partial charge is 0.416 e. The molecule has 1 aliphatic heterocycles. The molecule has 6 nitrogen and oxygen atoms in total. The molecule has 1 saturated heterocycles. The summed E-state index contributed by atoms with van der Waals surface area (Å²) in [6, 6.07) is 5.19. The van der Waals surface area contributed by atoms with Crippen molar-refractivity contribution < 1.29 is 13.2 Å². The van der Waals surface area contributed by atoms with Gasteiger partial charge in [0, 0.05) is 24.0 Å². The minimum Gasteiger partial charge on any atom is -0.399 e. The van der Waals surface area contributed by atoms with Crippen molar-refractivity contribution in [1.29, 1.82) is 0 Å². The molecule has 4 rings (SSSR count). The van der Waals surface area contributed by atoms with Gasteiger partial charge in [0.05, 0.1) is 21.9 Å². The maximum absolute atomic E-state index is 13.3. The first kappa shape index (κ1) is 24.4. The summed E-state index contributed by atoms with van der Waals surface area (Å²) in [7, 11) is 0. The van der Waals surface area contributed by atoms with E-state index in [0.717, 1.165) is 54.2 Å². The molecule has 0 unspecified atom stereocenters. The van der Waals surface area contributed by atoms with E-state index < -0.39 is 17.8 Å². The predicted octanol–water partition coefficient (Wildman–Crippen LogP) is 6.21. The molecular weight excluding hydrogens is 461 g/mol. The Morgan fingerprint density at radius 2 is 1.74 bits per heavy atom. The molecule has 3 aromatic rings. The van der Waals surface area contributed by atoms with Gasteiger partial charge in [0.1, 0.15) is 17.5 Å². The van der Waals surface area contributed by atoms with Gasteiger partial charge in [-0.15, -0.1) is 11.8 Å². The van der Waals surface area contributed by atoms with Crippen LogP contribution >= 0.6 is 11.8 Å². The Balaban J connectivity index is 1.76. The molecular formula is C24H29F3N6S. The van der Waals surface area contributed by atoms with Crippen molar-refractivity contribution in [1.82, 2.24) is 15.0 Å². The summed E-state index contributed by atoms with van der Waals surface area (Å²) in [5.74, 6) is 2.01. The lowest BCUT2D eigenvalue weighted by Crippen LogP contribution is -2.20. The number of thioether (sulfide) groups is 1. The van der Waals surface area contributed by atoms with Crippen LogP contribution in [0, 0.1) is 6.92 Å². The minimum absolute atomic E-state index is 0.0646. The first-order chi connectivity index (χ1) is 16.0. The zero-order chi connectivity index (χ0) is 24.6. The molecule has 1 fully saturated rings. The number of aromatic nitrogens is 3. The summed E-state index contributed by atoms with van der Waals surface area (Å²) in [6.45, 7) is 9.77. The van der Waals surface area contributed by atoms with Crippen LogP contribution in [-0.4, -0.2) is 33.3 Å². The number of anilines is 3. The fourth-order valence-corrected chi connectivity index (χ4v) is 5.09. The maximum Gasteiger partial charge on any atom is 0.416 e. The van der Waals surface area contributed by atoms with Gasteiger partial charge in [-0.05, 0) is 56.5 Å². The van der Waals surface area contributed by atoms with Gasteiger partial charge in [0.2, 0.25) is 0 Å². The molecule has 0 radical (unpaired) electrons. The average molecular weight is 491 g/mol. The third-order valence-corrected chi connectivity index (χ3v) is 6.70. The highest BCUT2D eigenvalue weighted by molar-refractivity contribution is 8.00. The number of halogens is 3. The standard InChI is InChI=1S/C24H29F3N6S/c1-13(2)34-20-12-19-21(29-14(3)16-9-17(24(25,26)27)11-18(28)10-16)30-15(4)31-22(19)32-23(20)33-7-5-6-8-33/h9-14H,5-8,28H2,1-4H3,(H,29,30,31,32)/t14-/m1/s1. The Labute approximate surface area is 201 Å². The van der Waals surface area contributed by atoms with Crippen LogP contribution in [0.4, 0.5) is 30.5 Å². The van der Waals surface area contributed by atoms with Gasteiger partial charge in [0.25, 0.3) is 0 Å². The molecule has 3 heterocycles. The van der Waals surface area contributed by atoms with Crippen molar-refractivity contribution in [2.45, 2.75) is 62.9 Å². The van der Waals surface area contributed by atoms with Gasteiger partial charge in [-0.3, -0.25) is 0 Å². The van der Waals surface area contributed by atoms with Gasteiger partial charge in [-0.2, -0.15) is 13.2 Å². The molecule has 1 aliphatic rings. The highest BCUT2D eigenvalue weighted by Gasteiger charge is 2.31. The third-order valence-electron chi connectivity index (χ3n) is 5.67. The number of nitrogen functional groups attached to an aromatic ring is 1. The Morgan fingerprint density at radius 3 is 2.38 bits per heavy atom. The number of rotatable bonds is 6. The van der Waals surface area contributed by atoms with Gasteiger partial charge < -0.3 is 16.0 Å². The molecule has 0 aliphatic carbocycles. The summed E-state index contributed by atoms with van der Waals surface area (Å²) in [5, 5.41) is 4.38. The molecule has 3 N–H and O–H groups in total. The summed E-state index contributed by atoms with van der Waals surface area (Å²) in [6.07, 6.45) is -2.20. The van der Waals surface area contributed by atoms with Crippen molar-refractivity contribution in [3.63, 3.8) is 0 Å². The number of pyridine rings is 1. The van der Waals surface area contributed by atoms with Crippen molar-refractivity contribution in [3.05, 3.63) is 41.2 Å². The fourth-order valence-electron chi connectivity index (χ4n) is 4.12. The van der Waals surface area contributed by atoms with Crippen LogP contribution in [-0.2, 0) is 6.18 Å². The summed E-state index contributed by atoms with van der Waals surface area (Å²) < 4.78 is 39.9. The molecule has 1 aromatic carbocycles. The van der Waals surface area contributed by atoms with E-state index in [1.165, 1.54) is 0 Å². The molecule has 10 heteroatoms. The summed E-state index contributed by atoms with van der Waals surface area (Å²) in [5.41, 5.74) is 6.06. The number of fused-ring (bicyclic) bond motifs is 1. The van der Waals surface area contributed by atoms with E-state index in [-0.39, 0.29) is 5.69 Å². The van der Waals surface area contributed by atoms with E-state index in [1.807, 2.05) is 0 Å². The molecule has 1 atom stereocenters. The van der Waals surface area contributed by atoms with E-state index in [4.69, 9.17) is 10.7 Å². The lowest BCUT2D eigenvalue weighted by atomic mass is 10.0. The molecule has 0 amide bonds. The third kappa shape index (κ3) is 5.32. The molecule has 2 aromatic heterocycles. The van der Waals surface area contributed by atoms with E-state index in [2.05, 4.69) is 40.1 Å². The number of nitrogens with zero attached hydrogens (tertiary/aromatic N) is 4. The van der Waals surface area contributed by atoms with Crippen molar-refractivity contribution in [2.24, 2.45) is 0 Å². The Kier molecular flexibility index (Phi) is 6.80. The van der Waals surface area contributed by atoms with Crippen LogP contribution in [0.3, 0.4) is 0 Å². The number of nitrogens with one attached hydrogen (secondary N) is 1. The zero-order valence-electron chi connectivity index (χ0n) is 19.7. The van der Waals surface area contributed by atoms with Gasteiger partial charge in [-0.1, -0.05) is 13.8 Å². The number of benzene rings is 1. The molecule has 34 heavy (non-hydrogen) atoms. The summed E-state index contributed by atoms with van der Waals surface area (Å²) in [4.78, 5) is 17.4. The van der Waals surface area contributed by atoms with Crippen LogP contribution in [0.2, 0.25) is 0 Å². The molecule has 0 spiro atoms. The van der Waals surface area contributed by atoms with Crippen LogP contribution in [0.5, 0.6) is 0 Å². The predicted molar refractivity (Wildman–Crippen MR) is 132 cm³/mol. The van der Waals surface area contributed by atoms with Gasteiger partial charge >= 0.3 is 6.18 Å². The van der Waals surface area contributed by atoms with Crippen molar-refractivity contribution in [2.75, 3.05) is 29.0 Å². The molecule has 0 bridgehead atoms. The quantitative estimate of drug-likeness (QED) is 0.314. The van der Waals surface area contributed by atoms with Crippen LogP contribution in [0.25, 0.3) is 11.0 Å². The lowest BCUT2D eigenvalue weighted by molar-refractivity contribution is -0.137. The van der Waals surface area contributed by atoms with Gasteiger partial charge in [-0.25, -0.2) is 15.0 Å². The fraction of sp³-hybridized carbons (Fsp3) is 0.458. The van der Waals surface area contributed by atoms with Crippen molar-refractivity contribution >= 4 is 40.1 Å². The highest BCUT2D eigenvalue weighted by atomic mass is 32.2. The Morgan fingerprint density at radius 1 is 1.03 bits per heavy atom. The lowest BCUT2D eigenvalue weighted by Gasteiger charge is -2.22. The van der Waals surface area contributed by atoms with Crippen LogP contribution < -0.4 is 16.0 Å². The first-order valence-electron chi connectivity index (χ1n) is 11.4. The number of hydrogen-bond donors (Lipinski definition) is 2. The second-order valence-corrected chi connectivity index (χ2v) is 10.5. The number of aryl methyl sites for hydroxylation is 1. The smallest absolute Gasteiger partial charge is 0.399 e.